The number of nitrogens with zero attached hydrogens (tertiary/aromatic N) is 3. The lowest BCUT2D eigenvalue weighted by Gasteiger charge is -2.11. The third-order valence-electron chi connectivity index (χ3n) is 2.23. The van der Waals surface area contributed by atoms with Crippen LogP contribution in [0.25, 0.3) is 0 Å². The van der Waals surface area contributed by atoms with Gasteiger partial charge in [0, 0.05) is 16.0 Å². The highest BCUT2D eigenvalue weighted by atomic mass is 79.9. The van der Waals surface area contributed by atoms with Crippen LogP contribution < -0.4 is 0 Å². The maximum atomic E-state index is 10.2. The highest BCUT2D eigenvalue weighted by molar-refractivity contribution is 9.11. The quantitative estimate of drug-likeness (QED) is 0.908. The number of aromatic nitrogens is 3. The van der Waals surface area contributed by atoms with E-state index in [9.17, 15) is 5.11 Å². The Labute approximate surface area is 110 Å². The Morgan fingerprint density at radius 2 is 1.88 bits per heavy atom. The van der Waals surface area contributed by atoms with Crippen LogP contribution in [0.3, 0.4) is 0 Å². The molecule has 1 aromatic heterocycles. The first-order valence-corrected chi connectivity index (χ1v) is 6.15. The van der Waals surface area contributed by atoms with Gasteiger partial charge in [0.2, 0.25) is 0 Å². The van der Waals surface area contributed by atoms with Crippen LogP contribution in [0, 0.1) is 0 Å². The van der Waals surface area contributed by atoms with Gasteiger partial charge >= 0.3 is 0 Å². The molecule has 1 aromatic carbocycles. The van der Waals surface area contributed by atoms with E-state index < -0.39 is 6.10 Å². The predicted octanol–water partition coefficient (Wildman–Crippen LogP) is 2.42. The summed E-state index contributed by atoms with van der Waals surface area (Å²) >= 11 is 6.77. The number of aryl methyl sites for hydroxylation is 1. The average Bonchev–Trinajstić information content (AvgIpc) is 2.62. The lowest BCUT2D eigenvalue weighted by Crippen LogP contribution is -2.06. The Kier molecular flexibility index (Phi) is 3.41. The van der Waals surface area contributed by atoms with Gasteiger partial charge in [0.05, 0.1) is 11.9 Å². The Balaban J connectivity index is 2.41. The maximum Gasteiger partial charge on any atom is 0.122 e. The van der Waals surface area contributed by atoms with Crippen molar-refractivity contribution >= 4 is 31.9 Å². The van der Waals surface area contributed by atoms with Crippen LogP contribution in [0.5, 0.6) is 0 Å². The van der Waals surface area contributed by atoms with Crippen LogP contribution in [0.2, 0.25) is 0 Å². The van der Waals surface area contributed by atoms with Crippen molar-refractivity contribution in [1.29, 1.82) is 0 Å². The minimum absolute atomic E-state index is 0.657. The van der Waals surface area contributed by atoms with Crippen molar-refractivity contribution in [3.8, 4) is 0 Å². The monoisotopic (exact) mass is 345 g/mol. The first-order chi connectivity index (χ1) is 7.58. The van der Waals surface area contributed by atoms with Gasteiger partial charge in [0.15, 0.2) is 0 Å². The molecule has 0 aliphatic carbocycles. The molecule has 6 heteroatoms. The first-order valence-electron chi connectivity index (χ1n) is 4.56. The molecule has 16 heavy (non-hydrogen) atoms. The molecule has 0 amide bonds. The topological polar surface area (TPSA) is 50.9 Å². The molecule has 1 unspecified atom stereocenters. The standard InChI is InChI=1S/C10H9Br2N3O/c1-15-9(5-13-14-15)10(16)6-2-7(11)4-8(12)3-6/h2-5,10,16H,1H3. The maximum absolute atomic E-state index is 10.2. The van der Waals surface area contributed by atoms with Crippen molar-refractivity contribution in [3.05, 3.63) is 44.6 Å². The number of aliphatic hydroxyl groups is 1. The largest absolute Gasteiger partial charge is 0.382 e. The summed E-state index contributed by atoms with van der Waals surface area (Å²) in [6.45, 7) is 0. The zero-order chi connectivity index (χ0) is 11.7. The number of rotatable bonds is 2. The zero-order valence-electron chi connectivity index (χ0n) is 8.43. The second-order valence-corrected chi connectivity index (χ2v) is 5.22. The summed E-state index contributed by atoms with van der Waals surface area (Å²) < 4.78 is 3.37. The summed E-state index contributed by atoms with van der Waals surface area (Å²) in [4.78, 5) is 0. The molecule has 1 atom stereocenters. The van der Waals surface area contributed by atoms with Crippen LogP contribution in [0.15, 0.2) is 33.3 Å². The molecule has 0 radical (unpaired) electrons. The van der Waals surface area contributed by atoms with Crippen molar-refractivity contribution < 1.29 is 5.11 Å². The molecule has 0 fully saturated rings. The molecule has 0 bridgehead atoms. The van der Waals surface area contributed by atoms with Gasteiger partial charge in [0.25, 0.3) is 0 Å². The van der Waals surface area contributed by atoms with Crippen LogP contribution in [-0.2, 0) is 7.05 Å². The van der Waals surface area contributed by atoms with Gasteiger partial charge in [-0.1, -0.05) is 37.1 Å². The third-order valence-corrected chi connectivity index (χ3v) is 3.15. The minimum atomic E-state index is -0.728. The number of aliphatic hydroxyl groups excluding tert-OH is 1. The summed E-state index contributed by atoms with van der Waals surface area (Å²) in [5.41, 5.74) is 1.44. The van der Waals surface area contributed by atoms with Crippen LogP contribution in [0.1, 0.15) is 17.4 Å². The summed E-state index contributed by atoms with van der Waals surface area (Å²) in [5.74, 6) is 0. The van der Waals surface area contributed by atoms with Crippen LogP contribution in [-0.4, -0.2) is 20.1 Å². The van der Waals surface area contributed by atoms with Crippen molar-refractivity contribution in [1.82, 2.24) is 15.0 Å². The minimum Gasteiger partial charge on any atom is -0.382 e. The highest BCUT2D eigenvalue weighted by Crippen LogP contribution is 2.27. The molecule has 0 aliphatic heterocycles. The fourth-order valence-electron chi connectivity index (χ4n) is 1.45. The molecule has 0 aliphatic rings. The van der Waals surface area contributed by atoms with Gasteiger partial charge in [-0.2, -0.15) is 0 Å². The molecule has 1 N–H and O–H groups in total. The molecular formula is C10H9Br2N3O. The molecule has 2 aromatic rings. The summed E-state index contributed by atoms with van der Waals surface area (Å²) in [7, 11) is 1.75. The number of hydrogen-bond acceptors (Lipinski definition) is 3. The van der Waals surface area contributed by atoms with Crippen LogP contribution >= 0.6 is 31.9 Å². The smallest absolute Gasteiger partial charge is 0.122 e. The molecule has 0 saturated heterocycles. The molecule has 1 heterocycles. The average molecular weight is 347 g/mol. The van der Waals surface area contributed by atoms with Crippen molar-refractivity contribution in [2.45, 2.75) is 6.10 Å². The van der Waals surface area contributed by atoms with Crippen molar-refractivity contribution in [2.24, 2.45) is 7.05 Å². The van der Waals surface area contributed by atoms with E-state index in [1.807, 2.05) is 18.2 Å². The molecular weight excluding hydrogens is 338 g/mol. The van der Waals surface area contributed by atoms with E-state index in [0.29, 0.717) is 5.69 Å². The zero-order valence-corrected chi connectivity index (χ0v) is 11.6. The fourth-order valence-corrected chi connectivity index (χ4v) is 2.78. The van der Waals surface area contributed by atoms with Crippen molar-refractivity contribution in [2.75, 3.05) is 0 Å². The summed E-state index contributed by atoms with van der Waals surface area (Å²) in [5, 5.41) is 17.7. The molecule has 2 rings (SSSR count). The van der Waals surface area contributed by atoms with Gasteiger partial charge in [0.1, 0.15) is 6.10 Å². The third kappa shape index (κ3) is 2.34. The van der Waals surface area contributed by atoms with Gasteiger partial charge in [-0.3, -0.25) is 0 Å². The van der Waals surface area contributed by atoms with E-state index >= 15 is 0 Å². The molecule has 4 nitrogen and oxygen atoms in total. The van der Waals surface area contributed by atoms with E-state index in [1.54, 1.807) is 17.9 Å². The van der Waals surface area contributed by atoms with E-state index in [4.69, 9.17) is 0 Å². The van der Waals surface area contributed by atoms with Crippen LogP contribution in [0.4, 0.5) is 0 Å². The fraction of sp³-hybridized carbons (Fsp3) is 0.200. The van der Waals surface area contributed by atoms with E-state index in [1.165, 1.54) is 0 Å². The molecule has 0 saturated carbocycles. The van der Waals surface area contributed by atoms with Gasteiger partial charge in [-0.25, -0.2) is 4.68 Å². The normalized spacial score (nSPS) is 12.8. The Hall–Kier alpha value is -0.720. The highest BCUT2D eigenvalue weighted by Gasteiger charge is 2.15. The Morgan fingerprint density at radius 3 is 2.38 bits per heavy atom. The number of halogens is 2. The van der Waals surface area contributed by atoms with E-state index in [2.05, 4.69) is 42.2 Å². The van der Waals surface area contributed by atoms with Gasteiger partial charge in [-0.15, -0.1) is 5.10 Å². The predicted molar refractivity (Wildman–Crippen MR) is 66.9 cm³/mol. The SMILES string of the molecule is Cn1nncc1C(O)c1cc(Br)cc(Br)c1. The first kappa shape index (κ1) is 11.8. The summed E-state index contributed by atoms with van der Waals surface area (Å²) in [6.07, 6.45) is 0.827. The Morgan fingerprint density at radius 1 is 1.25 bits per heavy atom. The molecule has 0 spiro atoms. The summed E-state index contributed by atoms with van der Waals surface area (Å²) in [6, 6.07) is 5.64. The van der Waals surface area contributed by atoms with E-state index in [-0.39, 0.29) is 0 Å². The number of benzene rings is 1. The second-order valence-electron chi connectivity index (χ2n) is 3.39. The van der Waals surface area contributed by atoms with E-state index in [0.717, 1.165) is 14.5 Å². The lowest BCUT2D eigenvalue weighted by atomic mass is 10.1. The second kappa shape index (κ2) is 4.65. The van der Waals surface area contributed by atoms with Crippen molar-refractivity contribution in [3.63, 3.8) is 0 Å². The Bertz CT molecular complexity index is 492. The molecule has 84 valence electrons. The number of hydrogen-bond donors (Lipinski definition) is 1. The van der Waals surface area contributed by atoms with Gasteiger partial charge < -0.3 is 5.11 Å². The lowest BCUT2D eigenvalue weighted by molar-refractivity contribution is 0.209. The van der Waals surface area contributed by atoms with Gasteiger partial charge in [-0.05, 0) is 23.8 Å².